The van der Waals surface area contributed by atoms with Crippen LogP contribution in [0.2, 0.25) is 0 Å². The van der Waals surface area contributed by atoms with Gasteiger partial charge in [-0.3, -0.25) is 0 Å². The Hall–Kier alpha value is -0.900. The van der Waals surface area contributed by atoms with Gasteiger partial charge in [0.15, 0.2) is 0 Å². The summed E-state index contributed by atoms with van der Waals surface area (Å²) in [5.41, 5.74) is 0.558. The number of nitrogens with zero attached hydrogens (tertiary/aromatic N) is 3. The molecule has 1 saturated carbocycles. The van der Waals surface area contributed by atoms with Gasteiger partial charge in [-0.2, -0.15) is 5.10 Å². The fourth-order valence-electron chi connectivity index (χ4n) is 1.70. The summed E-state index contributed by atoms with van der Waals surface area (Å²) in [5.74, 6) is 1.04. The summed E-state index contributed by atoms with van der Waals surface area (Å²) in [6.07, 6.45) is 4.35. The van der Waals surface area contributed by atoms with Crippen molar-refractivity contribution >= 4 is 0 Å². The zero-order valence-electron chi connectivity index (χ0n) is 9.82. The third-order valence-electron chi connectivity index (χ3n) is 3.07. The minimum absolute atomic E-state index is 0.390. The van der Waals surface area contributed by atoms with Crippen LogP contribution in [0.25, 0.3) is 0 Å². The second kappa shape index (κ2) is 3.93. The predicted molar refractivity (Wildman–Crippen MR) is 59.5 cm³/mol. The molecule has 1 aliphatic carbocycles. The van der Waals surface area contributed by atoms with E-state index in [2.05, 4.69) is 36.2 Å². The second-order valence-electron chi connectivity index (χ2n) is 5.13. The van der Waals surface area contributed by atoms with Gasteiger partial charge in [0.05, 0.1) is 6.54 Å². The van der Waals surface area contributed by atoms with Crippen LogP contribution in [0.4, 0.5) is 0 Å². The van der Waals surface area contributed by atoms with E-state index in [9.17, 15) is 0 Å². The van der Waals surface area contributed by atoms with Crippen molar-refractivity contribution in [3.63, 3.8) is 0 Å². The summed E-state index contributed by atoms with van der Waals surface area (Å²) in [6.45, 7) is 8.50. The number of hydrogen-bond acceptors (Lipinski definition) is 3. The Morgan fingerprint density at radius 1 is 1.53 bits per heavy atom. The topological polar surface area (TPSA) is 42.7 Å². The van der Waals surface area contributed by atoms with E-state index in [1.807, 2.05) is 4.68 Å². The van der Waals surface area contributed by atoms with Crippen LogP contribution in [0.15, 0.2) is 6.33 Å². The minimum Gasteiger partial charge on any atom is -0.309 e. The van der Waals surface area contributed by atoms with Gasteiger partial charge in [0.2, 0.25) is 0 Å². The van der Waals surface area contributed by atoms with E-state index in [0.29, 0.717) is 11.5 Å². The molecule has 0 aromatic carbocycles. The summed E-state index contributed by atoms with van der Waals surface area (Å²) in [4.78, 5) is 4.27. The maximum atomic E-state index is 4.27. The highest BCUT2D eigenvalue weighted by Gasteiger charge is 2.36. The molecular formula is C11H20N4. The van der Waals surface area contributed by atoms with Gasteiger partial charge in [-0.1, -0.05) is 6.92 Å². The molecule has 4 nitrogen and oxygen atoms in total. The van der Waals surface area contributed by atoms with Crippen LogP contribution >= 0.6 is 0 Å². The van der Waals surface area contributed by atoms with E-state index in [-0.39, 0.29) is 0 Å². The largest absolute Gasteiger partial charge is 0.309 e. The molecule has 1 aromatic heterocycles. The number of nitrogens with one attached hydrogen (secondary N) is 1. The van der Waals surface area contributed by atoms with Gasteiger partial charge in [-0.15, -0.1) is 0 Å². The molecule has 84 valence electrons. The molecule has 1 N–H and O–H groups in total. The fraction of sp³-hybridized carbons (Fsp3) is 0.818. The van der Waals surface area contributed by atoms with Crippen molar-refractivity contribution in [2.24, 2.45) is 5.41 Å². The molecule has 1 aromatic rings. The SMILES string of the molecule is CC(C)n1ncnc1CNCC1(C)CC1. The summed E-state index contributed by atoms with van der Waals surface area (Å²) in [7, 11) is 0. The first-order valence-electron chi connectivity index (χ1n) is 5.70. The van der Waals surface area contributed by atoms with E-state index in [1.165, 1.54) is 12.8 Å². The summed E-state index contributed by atoms with van der Waals surface area (Å²) < 4.78 is 1.97. The lowest BCUT2D eigenvalue weighted by Gasteiger charge is -2.12. The number of rotatable bonds is 5. The molecule has 1 fully saturated rings. The van der Waals surface area contributed by atoms with Crippen LogP contribution in [0.1, 0.15) is 45.5 Å². The van der Waals surface area contributed by atoms with Crippen molar-refractivity contribution in [1.29, 1.82) is 0 Å². The standard InChI is InChI=1S/C11H20N4/c1-9(2)15-10(13-8-14-15)6-12-7-11(3)4-5-11/h8-9,12H,4-7H2,1-3H3. The van der Waals surface area contributed by atoms with Crippen molar-refractivity contribution < 1.29 is 0 Å². The van der Waals surface area contributed by atoms with Crippen molar-refractivity contribution in [2.45, 2.75) is 46.2 Å². The number of aromatic nitrogens is 3. The molecule has 0 amide bonds. The monoisotopic (exact) mass is 208 g/mol. The summed E-state index contributed by atoms with van der Waals surface area (Å²) >= 11 is 0. The molecule has 0 spiro atoms. The molecule has 15 heavy (non-hydrogen) atoms. The van der Waals surface area contributed by atoms with Gasteiger partial charge < -0.3 is 5.32 Å². The van der Waals surface area contributed by atoms with Gasteiger partial charge in [0, 0.05) is 12.6 Å². The maximum Gasteiger partial charge on any atom is 0.141 e. The van der Waals surface area contributed by atoms with Crippen LogP contribution in [-0.4, -0.2) is 21.3 Å². The molecule has 0 bridgehead atoms. The molecule has 0 radical (unpaired) electrons. The Balaban J connectivity index is 1.84. The van der Waals surface area contributed by atoms with E-state index < -0.39 is 0 Å². The van der Waals surface area contributed by atoms with E-state index >= 15 is 0 Å². The van der Waals surface area contributed by atoms with E-state index in [1.54, 1.807) is 6.33 Å². The highest BCUT2D eigenvalue weighted by atomic mass is 15.4. The molecule has 2 rings (SSSR count). The minimum atomic E-state index is 0.390. The van der Waals surface area contributed by atoms with Crippen LogP contribution in [0, 0.1) is 5.41 Å². The number of hydrogen-bond donors (Lipinski definition) is 1. The molecular weight excluding hydrogens is 188 g/mol. The maximum absolute atomic E-state index is 4.27. The Bertz CT molecular complexity index is 325. The average Bonchev–Trinajstić information content (AvgIpc) is 2.74. The molecule has 1 aliphatic rings. The third kappa shape index (κ3) is 2.56. The molecule has 0 aliphatic heterocycles. The zero-order valence-corrected chi connectivity index (χ0v) is 9.82. The van der Waals surface area contributed by atoms with Crippen molar-refractivity contribution in [2.75, 3.05) is 6.54 Å². The van der Waals surface area contributed by atoms with E-state index in [0.717, 1.165) is 18.9 Å². The molecule has 0 unspecified atom stereocenters. The quantitative estimate of drug-likeness (QED) is 0.801. The molecule has 1 heterocycles. The normalized spacial score (nSPS) is 18.4. The lowest BCUT2D eigenvalue weighted by Crippen LogP contribution is -2.24. The smallest absolute Gasteiger partial charge is 0.141 e. The van der Waals surface area contributed by atoms with Crippen LogP contribution in [-0.2, 0) is 6.54 Å². The Kier molecular flexibility index (Phi) is 2.78. The Labute approximate surface area is 91.1 Å². The highest BCUT2D eigenvalue weighted by Crippen LogP contribution is 2.44. The summed E-state index contributed by atoms with van der Waals surface area (Å²) in [6, 6.07) is 0.390. The van der Waals surface area contributed by atoms with Crippen molar-refractivity contribution in [3.05, 3.63) is 12.2 Å². The fourth-order valence-corrected chi connectivity index (χ4v) is 1.70. The first-order valence-corrected chi connectivity index (χ1v) is 5.70. The first kappa shape index (κ1) is 10.6. The Morgan fingerprint density at radius 2 is 2.27 bits per heavy atom. The van der Waals surface area contributed by atoms with Crippen LogP contribution in [0.5, 0.6) is 0 Å². The molecule has 4 heteroatoms. The first-order chi connectivity index (χ1) is 7.11. The van der Waals surface area contributed by atoms with Crippen molar-refractivity contribution in [1.82, 2.24) is 20.1 Å². The van der Waals surface area contributed by atoms with Crippen LogP contribution < -0.4 is 5.32 Å². The lowest BCUT2D eigenvalue weighted by molar-refractivity contribution is 0.458. The third-order valence-corrected chi connectivity index (χ3v) is 3.07. The average molecular weight is 208 g/mol. The van der Waals surface area contributed by atoms with Crippen molar-refractivity contribution in [3.8, 4) is 0 Å². The molecule has 0 atom stereocenters. The summed E-state index contributed by atoms with van der Waals surface area (Å²) in [5, 5.41) is 7.67. The predicted octanol–water partition coefficient (Wildman–Crippen LogP) is 1.75. The van der Waals surface area contributed by atoms with Gasteiger partial charge in [0.1, 0.15) is 12.2 Å². The Morgan fingerprint density at radius 3 is 2.87 bits per heavy atom. The van der Waals surface area contributed by atoms with Gasteiger partial charge in [-0.25, -0.2) is 9.67 Å². The van der Waals surface area contributed by atoms with Gasteiger partial charge in [0.25, 0.3) is 0 Å². The van der Waals surface area contributed by atoms with Gasteiger partial charge in [-0.05, 0) is 32.1 Å². The van der Waals surface area contributed by atoms with Crippen LogP contribution in [0.3, 0.4) is 0 Å². The van der Waals surface area contributed by atoms with Gasteiger partial charge >= 0.3 is 0 Å². The zero-order chi connectivity index (χ0) is 10.9. The highest BCUT2D eigenvalue weighted by molar-refractivity contribution is 4.92. The molecule has 0 saturated heterocycles. The second-order valence-corrected chi connectivity index (χ2v) is 5.13. The lowest BCUT2D eigenvalue weighted by atomic mass is 10.1. The van der Waals surface area contributed by atoms with E-state index in [4.69, 9.17) is 0 Å².